The van der Waals surface area contributed by atoms with Crippen molar-refractivity contribution in [3.05, 3.63) is 30.3 Å². The molecule has 0 fully saturated rings. The summed E-state index contributed by atoms with van der Waals surface area (Å²) in [6.07, 6.45) is 0. The van der Waals surface area contributed by atoms with Gasteiger partial charge < -0.3 is 5.11 Å². The summed E-state index contributed by atoms with van der Waals surface area (Å²) in [7, 11) is -3.67. The van der Waals surface area contributed by atoms with Crippen LogP contribution in [0.2, 0.25) is 0 Å². The van der Waals surface area contributed by atoms with E-state index in [1.165, 1.54) is 12.1 Å². The summed E-state index contributed by atoms with van der Waals surface area (Å²) in [6, 6.07) is 7.73. The average Bonchev–Trinajstić information content (AvgIpc) is 2.18. The molecule has 1 N–H and O–H groups in total. The van der Waals surface area contributed by atoms with Gasteiger partial charge in [-0.2, -0.15) is 0 Å². The zero-order chi connectivity index (χ0) is 9.90. The van der Waals surface area contributed by atoms with Crippen LogP contribution in [-0.2, 0) is 9.84 Å². The molecule has 13 heavy (non-hydrogen) atoms. The molecule has 1 aromatic rings. The molecule has 3 nitrogen and oxygen atoms in total. The van der Waals surface area contributed by atoms with Crippen molar-refractivity contribution < 1.29 is 13.5 Å². The molecule has 0 amide bonds. The molecule has 1 unspecified atom stereocenters. The second kappa shape index (κ2) is 4.09. The number of hydrogen-bond acceptors (Lipinski definition) is 3. The highest BCUT2D eigenvalue weighted by molar-refractivity contribution is 7.92. The molecule has 0 heterocycles. The van der Waals surface area contributed by atoms with Crippen LogP contribution in [0.25, 0.3) is 0 Å². The van der Waals surface area contributed by atoms with Gasteiger partial charge >= 0.3 is 0 Å². The van der Waals surface area contributed by atoms with Crippen LogP contribution in [0.4, 0.5) is 0 Å². The Kier molecular flexibility index (Phi) is 3.30. The Morgan fingerprint density at radius 3 is 2.31 bits per heavy atom. The Morgan fingerprint density at radius 2 is 1.85 bits per heavy atom. The molecule has 0 spiro atoms. The highest BCUT2D eigenvalue weighted by Crippen LogP contribution is 2.14. The maximum Gasteiger partial charge on any atom is 0.206 e. The molecule has 0 radical (unpaired) electrons. The van der Waals surface area contributed by atoms with E-state index in [4.69, 9.17) is 16.7 Å². The van der Waals surface area contributed by atoms with Gasteiger partial charge in [0, 0.05) is 0 Å². The van der Waals surface area contributed by atoms with Gasteiger partial charge in [0.05, 0.1) is 10.8 Å². The smallest absolute Gasteiger partial charge is 0.206 e. The second-order valence-corrected chi connectivity index (χ2v) is 4.88. The van der Waals surface area contributed by atoms with Crippen LogP contribution in [0.1, 0.15) is 0 Å². The maximum absolute atomic E-state index is 11.4. The number of aliphatic hydroxyl groups excluding tert-OH is 1. The lowest BCUT2D eigenvalue weighted by molar-refractivity contribution is 0.271. The third-order valence-electron chi connectivity index (χ3n) is 1.56. The second-order valence-electron chi connectivity index (χ2n) is 2.47. The number of aliphatic hydroxyl groups is 1. The molecular formula is C8H9ClO3S. The number of benzene rings is 1. The molecule has 0 aliphatic rings. The van der Waals surface area contributed by atoms with Crippen molar-refractivity contribution in [3.63, 3.8) is 0 Å². The first-order valence-electron chi connectivity index (χ1n) is 3.62. The Morgan fingerprint density at radius 1 is 1.31 bits per heavy atom. The third-order valence-corrected chi connectivity index (χ3v) is 3.85. The van der Waals surface area contributed by atoms with Gasteiger partial charge in [0.25, 0.3) is 0 Å². The van der Waals surface area contributed by atoms with E-state index < -0.39 is 15.3 Å². The third kappa shape index (κ3) is 2.21. The lowest BCUT2D eigenvalue weighted by Gasteiger charge is -2.07. The SMILES string of the molecule is O=S(=O)(c1ccccc1)C(O)CCl. The fourth-order valence-electron chi connectivity index (χ4n) is 0.850. The topological polar surface area (TPSA) is 54.4 Å². The van der Waals surface area contributed by atoms with Crippen molar-refractivity contribution in [3.8, 4) is 0 Å². The van der Waals surface area contributed by atoms with Crippen molar-refractivity contribution in [1.82, 2.24) is 0 Å². The monoisotopic (exact) mass is 220 g/mol. The maximum atomic E-state index is 11.4. The number of sulfone groups is 1. The van der Waals surface area contributed by atoms with Crippen molar-refractivity contribution in [2.75, 3.05) is 5.88 Å². The number of halogens is 1. The van der Waals surface area contributed by atoms with Gasteiger partial charge in [-0.1, -0.05) is 18.2 Å². The first kappa shape index (κ1) is 10.5. The predicted molar refractivity (Wildman–Crippen MR) is 50.4 cm³/mol. The number of alkyl halides is 1. The molecule has 0 aliphatic heterocycles. The normalized spacial score (nSPS) is 14.0. The van der Waals surface area contributed by atoms with Gasteiger partial charge in [-0.15, -0.1) is 11.6 Å². The number of rotatable bonds is 3. The highest BCUT2D eigenvalue weighted by Gasteiger charge is 2.23. The zero-order valence-corrected chi connectivity index (χ0v) is 8.29. The summed E-state index contributed by atoms with van der Waals surface area (Å²) in [5.41, 5.74) is -1.53. The first-order valence-corrected chi connectivity index (χ1v) is 5.70. The lowest BCUT2D eigenvalue weighted by atomic mass is 10.4. The molecule has 0 aliphatic carbocycles. The lowest BCUT2D eigenvalue weighted by Crippen LogP contribution is -2.22. The van der Waals surface area contributed by atoms with Crippen LogP contribution < -0.4 is 0 Å². The minimum absolute atomic E-state index is 0.0863. The van der Waals surface area contributed by atoms with Crippen LogP contribution in [0.3, 0.4) is 0 Å². The quantitative estimate of drug-likeness (QED) is 0.774. The Balaban J connectivity index is 3.09. The van der Waals surface area contributed by atoms with E-state index in [1.54, 1.807) is 18.2 Å². The van der Waals surface area contributed by atoms with E-state index in [-0.39, 0.29) is 10.8 Å². The standard InChI is InChI=1S/C8H9ClO3S/c9-6-8(10)13(11,12)7-4-2-1-3-5-7/h1-5,8,10H,6H2. The van der Waals surface area contributed by atoms with Crippen LogP contribution in [0.5, 0.6) is 0 Å². The van der Waals surface area contributed by atoms with E-state index in [0.717, 1.165) is 0 Å². The molecule has 72 valence electrons. The van der Waals surface area contributed by atoms with Crippen LogP contribution >= 0.6 is 11.6 Å². The molecule has 1 aromatic carbocycles. The first-order chi connectivity index (χ1) is 6.09. The molecule has 0 saturated carbocycles. The minimum atomic E-state index is -3.67. The van der Waals surface area contributed by atoms with E-state index in [2.05, 4.69) is 0 Å². The molecule has 1 rings (SSSR count). The van der Waals surface area contributed by atoms with Gasteiger partial charge in [0.15, 0.2) is 5.44 Å². The Bertz CT molecular complexity index is 360. The summed E-state index contributed by atoms with van der Waals surface area (Å²) in [5.74, 6) is -0.322. The summed E-state index contributed by atoms with van der Waals surface area (Å²) in [4.78, 5) is 0.0863. The van der Waals surface area contributed by atoms with Crippen molar-refractivity contribution in [1.29, 1.82) is 0 Å². The van der Waals surface area contributed by atoms with E-state index in [9.17, 15) is 8.42 Å². The predicted octanol–water partition coefficient (Wildman–Crippen LogP) is 1.02. The molecule has 0 saturated heterocycles. The average molecular weight is 221 g/mol. The largest absolute Gasteiger partial charge is 0.376 e. The van der Waals surface area contributed by atoms with Crippen molar-refractivity contribution >= 4 is 21.4 Å². The van der Waals surface area contributed by atoms with Gasteiger partial charge in [-0.3, -0.25) is 0 Å². The summed E-state index contributed by atoms with van der Waals surface area (Å²) in [5, 5.41) is 9.12. The number of hydrogen-bond donors (Lipinski definition) is 1. The summed E-state index contributed by atoms with van der Waals surface area (Å²) >= 11 is 5.26. The van der Waals surface area contributed by atoms with Crippen molar-refractivity contribution in [2.24, 2.45) is 0 Å². The van der Waals surface area contributed by atoms with Crippen LogP contribution in [-0.4, -0.2) is 24.8 Å². The van der Waals surface area contributed by atoms with E-state index >= 15 is 0 Å². The van der Waals surface area contributed by atoms with Gasteiger partial charge in [-0.25, -0.2) is 8.42 Å². The Hall–Kier alpha value is -0.580. The van der Waals surface area contributed by atoms with Gasteiger partial charge in [0.2, 0.25) is 9.84 Å². The van der Waals surface area contributed by atoms with Gasteiger partial charge in [-0.05, 0) is 12.1 Å². The molecule has 1 atom stereocenters. The van der Waals surface area contributed by atoms with Crippen LogP contribution in [0.15, 0.2) is 35.2 Å². The molecular weight excluding hydrogens is 212 g/mol. The Labute approximate surface area is 81.9 Å². The van der Waals surface area contributed by atoms with E-state index in [0.29, 0.717) is 0 Å². The zero-order valence-electron chi connectivity index (χ0n) is 6.72. The highest BCUT2D eigenvalue weighted by atomic mass is 35.5. The van der Waals surface area contributed by atoms with Gasteiger partial charge in [0.1, 0.15) is 0 Å². The fourth-order valence-corrected chi connectivity index (χ4v) is 2.36. The van der Waals surface area contributed by atoms with E-state index in [1.807, 2.05) is 0 Å². The molecule has 0 bridgehead atoms. The molecule has 0 aromatic heterocycles. The van der Waals surface area contributed by atoms with Crippen molar-refractivity contribution in [2.45, 2.75) is 10.3 Å². The van der Waals surface area contributed by atoms with Crippen LogP contribution in [0, 0.1) is 0 Å². The summed E-state index contributed by atoms with van der Waals surface area (Å²) < 4.78 is 22.9. The fraction of sp³-hybridized carbons (Fsp3) is 0.250. The minimum Gasteiger partial charge on any atom is -0.376 e. The summed E-state index contributed by atoms with van der Waals surface area (Å²) in [6.45, 7) is 0. The molecule has 5 heteroatoms.